The predicted molar refractivity (Wildman–Crippen MR) is 82.4 cm³/mol. The molecule has 1 aliphatic rings. The summed E-state index contributed by atoms with van der Waals surface area (Å²) in [6, 6.07) is 7.81. The minimum atomic E-state index is -0.287. The SMILES string of the molecule is NC1(CC(=O)Nc2cccc(I)c2)CCCCC1. The lowest BCUT2D eigenvalue weighted by molar-refractivity contribution is -0.117. The van der Waals surface area contributed by atoms with Gasteiger partial charge in [-0.05, 0) is 53.6 Å². The Morgan fingerprint density at radius 3 is 2.72 bits per heavy atom. The maximum Gasteiger partial charge on any atom is 0.226 e. The Kier molecular flexibility index (Phi) is 4.61. The molecule has 98 valence electrons. The topological polar surface area (TPSA) is 55.1 Å². The highest BCUT2D eigenvalue weighted by molar-refractivity contribution is 14.1. The summed E-state index contributed by atoms with van der Waals surface area (Å²) in [5.74, 6) is 0.0291. The Morgan fingerprint density at radius 2 is 2.06 bits per heavy atom. The number of hydrogen-bond acceptors (Lipinski definition) is 2. The summed E-state index contributed by atoms with van der Waals surface area (Å²) in [5, 5.41) is 2.93. The van der Waals surface area contributed by atoms with Crippen LogP contribution in [0.25, 0.3) is 0 Å². The molecule has 1 saturated carbocycles. The van der Waals surface area contributed by atoms with E-state index in [-0.39, 0.29) is 11.4 Å². The van der Waals surface area contributed by atoms with Crippen molar-refractivity contribution >= 4 is 34.2 Å². The van der Waals surface area contributed by atoms with Crippen molar-refractivity contribution in [2.75, 3.05) is 5.32 Å². The molecule has 0 aliphatic heterocycles. The zero-order valence-corrected chi connectivity index (χ0v) is 12.6. The molecule has 2 rings (SSSR count). The number of carbonyl (C=O) groups excluding carboxylic acids is 1. The largest absolute Gasteiger partial charge is 0.326 e. The molecular weight excluding hydrogens is 339 g/mol. The van der Waals surface area contributed by atoms with E-state index in [0.717, 1.165) is 34.9 Å². The lowest BCUT2D eigenvalue weighted by atomic mass is 9.80. The molecule has 1 aliphatic carbocycles. The number of rotatable bonds is 3. The Morgan fingerprint density at radius 1 is 1.33 bits per heavy atom. The van der Waals surface area contributed by atoms with Crippen LogP contribution >= 0.6 is 22.6 Å². The number of hydrogen-bond donors (Lipinski definition) is 2. The number of nitrogens with two attached hydrogens (primary N) is 1. The Hall–Kier alpha value is -0.620. The lowest BCUT2D eigenvalue weighted by Gasteiger charge is -2.32. The van der Waals surface area contributed by atoms with Gasteiger partial charge in [-0.25, -0.2) is 0 Å². The third kappa shape index (κ3) is 3.95. The Bertz CT molecular complexity index is 428. The van der Waals surface area contributed by atoms with Crippen LogP contribution in [0, 0.1) is 3.57 Å². The zero-order valence-electron chi connectivity index (χ0n) is 10.4. The van der Waals surface area contributed by atoms with Crippen LogP contribution < -0.4 is 11.1 Å². The Labute approximate surface area is 122 Å². The van der Waals surface area contributed by atoms with Crippen LogP contribution in [0.15, 0.2) is 24.3 Å². The maximum absolute atomic E-state index is 12.0. The first-order valence-corrected chi connectivity index (χ1v) is 7.50. The van der Waals surface area contributed by atoms with E-state index in [1.165, 1.54) is 6.42 Å². The van der Waals surface area contributed by atoms with Crippen molar-refractivity contribution in [2.24, 2.45) is 5.73 Å². The molecule has 18 heavy (non-hydrogen) atoms. The number of carbonyl (C=O) groups is 1. The molecule has 0 bridgehead atoms. The molecule has 3 N–H and O–H groups in total. The van der Waals surface area contributed by atoms with Crippen molar-refractivity contribution in [1.82, 2.24) is 0 Å². The molecule has 0 heterocycles. The summed E-state index contributed by atoms with van der Waals surface area (Å²) in [5.41, 5.74) is 6.85. The number of halogens is 1. The van der Waals surface area contributed by atoms with Gasteiger partial charge in [0.1, 0.15) is 0 Å². The van der Waals surface area contributed by atoms with Crippen LogP contribution in [-0.2, 0) is 4.79 Å². The summed E-state index contributed by atoms with van der Waals surface area (Å²) in [6.45, 7) is 0. The smallest absolute Gasteiger partial charge is 0.226 e. The fourth-order valence-corrected chi connectivity index (χ4v) is 3.07. The molecular formula is C14H19IN2O. The van der Waals surface area contributed by atoms with Crippen LogP contribution in [0.3, 0.4) is 0 Å². The van der Waals surface area contributed by atoms with E-state index in [1.54, 1.807) is 0 Å². The average Bonchev–Trinajstić information content (AvgIpc) is 2.28. The van der Waals surface area contributed by atoms with Gasteiger partial charge in [-0.2, -0.15) is 0 Å². The first-order chi connectivity index (χ1) is 8.57. The lowest BCUT2D eigenvalue weighted by Crippen LogP contribution is -2.44. The summed E-state index contributed by atoms with van der Waals surface area (Å²) in [7, 11) is 0. The molecule has 1 fully saturated rings. The second-order valence-electron chi connectivity index (χ2n) is 5.16. The molecule has 1 aromatic carbocycles. The van der Waals surface area contributed by atoms with Crippen molar-refractivity contribution < 1.29 is 4.79 Å². The molecule has 0 aromatic heterocycles. The molecule has 0 unspecified atom stereocenters. The molecule has 4 heteroatoms. The van der Waals surface area contributed by atoms with Crippen LogP contribution in [0.4, 0.5) is 5.69 Å². The van der Waals surface area contributed by atoms with E-state index < -0.39 is 0 Å². The van der Waals surface area contributed by atoms with Gasteiger partial charge < -0.3 is 11.1 Å². The quantitative estimate of drug-likeness (QED) is 0.815. The molecule has 0 saturated heterocycles. The van der Waals surface area contributed by atoms with Crippen LogP contribution in [-0.4, -0.2) is 11.4 Å². The summed E-state index contributed by atoms with van der Waals surface area (Å²) in [4.78, 5) is 12.0. The van der Waals surface area contributed by atoms with Gasteiger partial charge in [-0.15, -0.1) is 0 Å². The van der Waals surface area contributed by atoms with E-state index in [0.29, 0.717) is 6.42 Å². The summed E-state index contributed by atoms with van der Waals surface area (Å²) < 4.78 is 1.12. The minimum absolute atomic E-state index is 0.0291. The van der Waals surface area contributed by atoms with Crippen LogP contribution in [0.2, 0.25) is 0 Å². The zero-order chi connectivity index (χ0) is 13.0. The standard InChI is InChI=1S/C14H19IN2O/c15-11-5-4-6-12(9-11)17-13(18)10-14(16)7-2-1-3-8-14/h4-6,9H,1-3,7-8,10,16H2,(H,17,18). The van der Waals surface area contributed by atoms with Crippen molar-refractivity contribution in [2.45, 2.75) is 44.1 Å². The normalized spacial score (nSPS) is 18.3. The third-order valence-corrected chi connectivity index (χ3v) is 4.14. The van der Waals surface area contributed by atoms with Gasteiger partial charge in [-0.3, -0.25) is 4.79 Å². The van der Waals surface area contributed by atoms with Crippen LogP contribution in [0.5, 0.6) is 0 Å². The molecule has 1 aromatic rings. The van der Waals surface area contributed by atoms with E-state index in [4.69, 9.17) is 5.73 Å². The van der Waals surface area contributed by atoms with Gasteiger partial charge in [0.05, 0.1) is 0 Å². The van der Waals surface area contributed by atoms with Gasteiger partial charge >= 0.3 is 0 Å². The molecule has 0 radical (unpaired) electrons. The fraction of sp³-hybridized carbons (Fsp3) is 0.500. The molecule has 3 nitrogen and oxygen atoms in total. The first-order valence-electron chi connectivity index (χ1n) is 6.42. The van der Waals surface area contributed by atoms with Gasteiger partial charge in [-0.1, -0.05) is 25.3 Å². The highest BCUT2D eigenvalue weighted by atomic mass is 127. The van der Waals surface area contributed by atoms with E-state index in [9.17, 15) is 4.79 Å². The third-order valence-electron chi connectivity index (χ3n) is 3.47. The highest BCUT2D eigenvalue weighted by Gasteiger charge is 2.29. The second-order valence-corrected chi connectivity index (χ2v) is 6.40. The van der Waals surface area contributed by atoms with Crippen molar-refractivity contribution in [1.29, 1.82) is 0 Å². The fourth-order valence-electron chi connectivity index (χ4n) is 2.52. The van der Waals surface area contributed by atoms with E-state index in [2.05, 4.69) is 27.9 Å². The maximum atomic E-state index is 12.0. The van der Waals surface area contributed by atoms with Gasteiger partial charge in [0.25, 0.3) is 0 Å². The average molecular weight is 358 g/mol. The molecule has 0 spiro atoms. The Balaban J connectivity index is 1.92. The predicted octanol–water partition coefficient (Wildman–Crippen LogP) is 3.28. The summed E-state index contributed by atoms with van der Waals surface area (Å²) >= 11 is 2.23. The number of amides is 1. The van der Waals surface area contributed by atoms with Crippen LogP contribution in [0.1, 0.15) is 38.5 Å². The van der Waals surface area contributed by atoms with Gasteiger partial charge in [0.2, 0.25) is 5.91 Å². The van der Waals surface area contributed by atoms with E-state index >= 15 is 0 Å². The van der Waals surface area contributed by atoms with E-state index in [1.807, 2.05) is 24.3 Å². The monoisotopic (exact) mass is 358 g/mol. The summed E-state index contributed by atoms with van der Waals surface area (Å²) in [6.07, 6.45) is 5.90. The van der Waals surface area contributed by atoms with Gasteiger partial charge in [0.15, 0.2) is 0 Å². The molecule has 0 atom stereocenters. The minimum Gasteiger partial charge on any atom is -0.326 e. The van der Waals surface area contributed by atoms with Gasteiger partial charge in [0, 0.05) is 21.2 Å². The molecule has 1 amide bonds. The first kappa shape index (κ1) is 13.8. The number of nitrogens with one attached hydrogen (secondary N) is 1. The van der Waals surface area contributed by atoms with Crippen molar-refractivity contribution in [3.05, 3.63) is 27.8 Å². The second kappa shape index (κ2) is 6.02. The number of anilines is 1. The number of benzene rings is 1. The highest BCUT2D eigenvalue weighted by Crippen LogP contribution is 2.29. The van der Waals surface area contributed by atoms with Crippen molar-refractivity contribution in [3.8, 4) is 0 Å². The van der Waals surface area contributed by atoms with Crippen molar-refractivity contribution in [3.63, 3.8) is 0 Å².